The lowest BCUT2D eigenvalue weighted by atomic mass is 10.2. The van der Waals surface area contributed by atoms with Gasteiger partial charge in [-0.3, -0.25) is 9.69 Å². The van der Waals surface area contributed by atoms with E-state index in [4.69, 9.17) is 0 Å². The van der Waals surface area contributed by atoms with Crippen LogP contribution in [0.3, 0.4) is 0 Å². The number of hydrogen-bond acceptors (Lipinski definition) is 2. The van der Waals surface area contributed by atoms with Crippen LogP contribution in [0.5, 0.6) is 0 Å². The van der Waals surface area contributed by atoms with Crippen LogP contribution in [-0.4, -0.2) is 28.0 Å². The van der Waals surface area contributed by atoms with Crippen molar-refractivity contribution in [3.05, 3.63) is 60.1 Å². The third-order valence-electron chi connectivity index (χ3n) is 3.52. The van der Waals surface area contributed by atoms with E-state index in [2.05, 4.69) is 5.32 Å². The zero-order valence-electron chi connectivity index (χ0n) is 12.3. The molecule has 112 valence electrons. The molecule has 0 unspecified atom stereocenters. The quantitative estimate of drug-likeness (QED) is 0.696. The second-order valence-electron chi connectivity index (χ2n) is 5.08. The van der Waals surface area contributed by atoms with Crippen LogP contribution in [0.2, 0.25) is 0 Å². The SMILES string of the molecule is CCCN1C(=O)N/C(=C/c2cccn2-c2ccccc2)C1=O. The minimum absolute atomic E-state index is 0.271. The number of carbonyl (C=O) groups is 2. The van der Waals surface area contributed by atoms with Gasteiger partial charge in [0.25, 0.3) is 5.91 Å². The number of amides is 3. The van der Waals surface area contributed by atoms with Crippen molar-refractivity contribution in [2.45, 2.75) is 13.3 Å². The van der Waals surface area contributed by atoms with Crippen LogP contribution in [-0.2, 0) is 4.79 Å². The summed E-state index contributed by atoms with van der Waals surface area (Å²) in [6.45, 7) is 2.37. The lowest BCUT2D eigenvalue weighted by Crippen LogP contribution is -2.31. The van der Waals surface area contributed by atoms with E-state index in [1.165, 1.54) is 4.90 Å². The maximum absolute atomic E-state index is 12.2. The van der Waals surface area contributed by atoms with Gasteiger partial charge >= 0.3 is 6.03 Å². The molecule has 0 atom stereocenters. The van der Waals surface area contributed by atoms with Gasteiger partial charge < -0.3 is 9.88 Å². The van der Waals surface area contributed by atoms with Crippen LogP contribution in [0.25, 0.3) is 11.8 Å². The number of nitrogens with one attached hydrogen (secondary N) is 1. The summed E-state index contributed by atoms with van der Waals surface area (Å²) in [5.41, 5.74) is 2.16. The largest absolute Gasteiger partial charge is 0.329 e. The first-order chi connectivity index (χ1) is 10.7. The maximum atomic E-state index is 12.2. The van der Waals surface area contributed by atoms with E-state index in [1.807, 2.05) is 60.2 Å². The second-order valence-corrected chi connectivity index (χ2v) is 5.08. The summed E-state index contributed by atoms with van der Waals surface area (Å²) in [4.78, 5) is 25.3. The summed E-state index contributed by atoms with van der Waals surface area (Å²) in [5, 5.41) is 2.64. The number of benzene rings is 1. The van der Waals surface area contributed by atoms with Gasteiger partial charge in [-0.15, -0.1) is 0 Å². The summed E-state index contributed by atoms with van der Waals surface area (Å²) in [5.74, 6) is -0.271. The van der Waals surface area contributed by atoms with Crippen molar-refractivity contribution in [2.24, 2.45) is 0 Å². The molecule has 5 nitrogen and oxygen atoms in total. The van der Waals surface area contributed by atoms with E-state index in [1.54, 1.807) is 6.08 Å². The van der Waals surface area contributed by atoms with Gasteiger partial charge in [-0.25, -0.2) is 4.79 Å². The van der Waals surface area contributed by atoms with Gasteiger partial charge in [0.15, 0.2) is 0 Å². The van der Waals surface area contributed by atoms with Gasteiger partial charge in [-0.05, 0) is 36.8 Å². The molecular formula is C17H17N3O2. The number of carbonyl (C=O) groups excluding carboxylic acids is 2. The van der Waals surface area contributed by atoms with E-state index < -0.39 is 0 Å². The monoisotopic (exact) mass is 295 g/mol. The molecule has 5 heteroatoms. The fraction of sp³-hybridized carbons (Fsp3) is 0.176. The molecule has 2 aromatic rings. The third-order valence-corrected chi connectivity index (χ3v) is 3.52. The highest BCUT2D eigenvalue weighted by Crippen LogP contribution is 2.18. The average molecular weight is 295 g/mol. The Kier molecular flexibility index (Phi) is 3.78. The van der Waals surface area contributed by atoms with E-state index in [-0.39, 0.29) is 11.9 Å². The Morgan fingerprint density at radius 2 is 1.86 bits per heavy atom. The van der Waals surface area contributed by atoms with Crippen LogP contribution < -0.4 is 5.32 Å². The van der Waals surface area contributed by atoms with Crippen molar-refractivity contribution in [3.8, 4) is 5.69 Å². The lowest BCUT2D eigenvalue weighted by Gasteiger charge is -2.09. The number of para-hydroxylation sites is 1. The van der Waals surface area contributed by atoms with Gasteiger partial charge in [0.05, 0.1) is 0 Å². The summed E-state index contributed by atoms with van der Waals surface area (Å²) in [6, 6.07) is 13.3. The van der Waals surface area contributed by atoms with Crippen LogP contribution in [0.15, 0.2) is 54.4 Å². The standard InChI is InChI=1S/C17H17N3O2/c1-2-10-20-16(21)15(18-17(20)22)12-14-9-6-11-19(14)13-7-4-3-5-8-13/h3-9,11-12H,2,10H2,1H3,(H,18,22)/b15-12+. The number of hydrogen-bond donors (Lipinski definition) is 1. The molecule has 1 aromatic heterocycles. The fourth-order valence-corrected chi connectivity index (χ4v) is 2.48. The second kappa shape index (κ2) is 5.89. The Hall–Kier alpha value is -2.82. The van der Waals surface area contributed by atoms with Gasteiger partial charge in [-0.2, -0.15) is 0 Å². The number of rotatable bonds is 4. The number of imide groups is 1. The van der Waals surface area contributed by atoms with Crippen molar-refractivity contribution in [3.63, 3.8) is 0 Å². The number of urea groups is 1. The topological polar surface area (TPSA) is 54.3 Å². The Bertz CT molecular complexity index is 731. The molecule has 22 heavy (non-hydrogen) atoms. The molecule has 1 saturated heterocycles. The zero-order chi connectivity index (χ0) is 15.5. The average Bonchev–Trinajstić information content (AvgIpc) is 3.09. The van der Waals surface area contributed by atoms with Gasteiger partial charge in [0.2, 0.25) is 0 Å². The van der Waals surface area contributed by atoms with Crippen molar-refractivity contribution >= 4 is 18.0 Å². The normalized spacial score (nSPS) is 16.4. The summed E-state index contributed by atoms with van der Waals surface area (Å²) >= 11 is 0. The fourth-order valence-electron chi connectivity index (χ4n) is 2.48. The van der Waals surface area contributed by atoms with Crippen molar-refractivity contribution in [2.75, 3.05) is 6.54 Å². The molecule has 2 heterocycles. The molecule has 1 aliphatic heterocycles. The Balaban J connectivity index is 1.93. The minimum Gasteiger partial charge on any atom is -0.317 e. The molecular weight excluding hydrogens is 278 g/mol. The highest BCUT2D eigenvalue weighted by atomic mass is 16.2. The van der Waals surface area contributed by atoms with Crippen LogP contribution in [0, 0.1) is 0 Å². The van der Waals surface area contributed by atoms with Gasteiger partial charge in [0.1, 0.15) is 5.70 Å². The molecule has 0 aliphatic carbocycles. The van der Waals surface area contributed by atoms with Crippen LogP contribution in [0.1, 0.15) is 19.0 Å². The van der Waals surface area contributed by atoms with Crippen molar-refractivity contribution in [1.82, 2.24) is 14.8 Å². The summed E-state index contributed by atoms with van der Waals surface area (Å²) in [7, 11) is 0. The van der Waals surface area contributed by atoms with Crippen LogP contribution >= 0.6 is 0 Å². The smallest absolute Gasteiger partial charge is 0.317 e. The highest BCUT2D eigenvalue weighted by molar-refractivity contribution is 6.13. The predicted octanol–water partition coefficient (Wildman–Crippen LogP) is 2.78. The lowest BCUT2D eigenvalue weighted by molar-refractivity contribution is -0.122. The number of nitrogens with zero attached hydrogens (tertiary/aromatic N) is 2. The van der Waals surface area contributed by atoms with E-state index in [0.29, 0.717) is 12.2 Å². The molecule has 1 fully saturated rings. The minimum atomic E-state index is -0.351. The molecule has 1 aromatic carbocycles. The summed E-state index contributed by atoms with van der Waals surface area (Å²) < 4.78 is 1.97. The van der Waals surface area contributed by atoms with Crippen LogP contribution in [0.4, 0.5) is 4.79 Å². The first-order valence-electron chi connectivity index (χ1n) is 7.28. The van der Waals surface area contributed by atoms with Gasteiger partial charge in [-0.1, -0.05) is 25.1 Å². The zero-order valence-corrected chi connectivity index (χ0v) is 12.3. The Labute approximate surface area is 128 Å². The van der Waals surface area contributed by atoms with E-state index >= 15 is 0 Å². The van der Waals surface area contributed by atoms with Crippen molar-refractivity contribution < 1.29 is 9.59 Å². The molecule has 3 amide bonds. The molecule has 0 bridgehead atoms. The first kappa shape index (κ1) is 14.1. The van der Waals surface area contributed by atoms with Gasteiger partial charge in [0, 0.05) is 24.1 Å². The maximum Gasteiger partial charge on any atom is 0.329 e. The molecule has 1 aliphatic rings. The number of aromatic nitrogens is 1. The first-order valence-corrected chi connectivity index (χ1v) is 7.28. The van der Waals surface area contributed by atoms with E-state index in [0.717, 1.165) is 17.8 Å². The molecule has 3 rings (SSSR count). The van der Waals surface area contributed by atoms with Crippen molar-refractivity contribution in [1.29, 1.82) is 0 Å². The highest BCUT2D eigenvalue weighted by Gasteiger charge is 2.32. The summed E-state index contributed by atoms with van der Waals surface area (Å²) in [6.07, 6.45) is 4.38. The van der Waals surface area contributed by atoms with E-state index in [9.17, 15) is 9.59 Å². The third kappa shape index (κ3) is 2.53. The predicted molar refractivity (Wildman–Crippen MR) is 84.3 cm³/mol. The molecule has 0 radical (unpaired) electrons. The molecule has 1 N–H and O–H groups in total. The Morgan fingerprint density at radius 1 is 1.09 bits per heavy atom. The Morgan fingerprint density at radius 3 is 2.59 bits per heavy atom. The molecule has 0 spiro atoms. The molecule has 0 saturated carbocycles.